The number of carbonyl (C=O) groups excluding carboxylic acids is 5. The number of nitrogens with two attached hydrogens (primary N) is 3. The molecule has 0 saturated carbocycles. The van der Waals surface area contributed by atoms with Gasteiger partial charge < -0.3 is 64.2 Å². The van der Waals surface area contributed by atoms with Crippen LogP contribution in [0.5, 0.6) is 0 Å². The lowest BCUT2D eigenvalue weighted by Gasteiger charge is -2.29. The molecule has 0 aliphatic heterocycles. The Morgan fingerprint density at radius 2 is 1.23 bits per heavy atom. The lowest BCUT2D eigenvalue weighted by Crippen LogP contribution is -2.61. The lowest BCUT2D eigenvalue weighted by atomic mass is 9.96. The van der Waals surface area contributed by atoms with Crippen molar-refractivity contribution in [3.8, 4) is 0 Å². The van der Waals surface area contributed by atoms with Gasteiger partial charge in [-0.05, 0) is 31.6 Å². The average Bonchev–Trinajstić information content (AvgIpc) is 3.00. The number of aliphatic carboxylic acids is 2. The van der Waals surface area contributed by atoms with Gasteiger partial charge in [-0.2, -0.15) is 0 Å². The van der Waals surface area contributed by atoms with E-state index in [9.17, 15) is 48.9 Å². The van der Waals surface area contributed by atoms with Crippen LogP contribution >= 0.6 is 0 Å². The van der Waals surface area contributed by atoms with E-state index in [0.717, 1.165) is 0 Å². The molecule has 0 bridgehead atoms. The van der Waals surface area contributed by atoms with Crippen molar-refractivity contribution >= 4 is 47.4 Å². The van der Waals surface area contributed by atoms with Gasteiger partial charge >= 0.3 is 11.9 Å². The number of rotatable bonds is 22. The van der Waals surface area contributed by atoms with Gasteiger partial charge in [0.15, 0.2) is 5.96 Å². The number of aliphatic hydroxyl groups is 2. The Hall–Kier alpha value is -4.56. The lowest BCUT2D eigenvalue weighted by molar-refractivity contribution is -0.147. The molecule has 0 saturated heterocycles. The number of carboxylic acid groups (broad SMARTS) is 2. The Labute approximate surface area is 278 Å². The van der Waals surface area contributed by atoms with Crippen molar-refractivity contribution in [3.05, 3.63) is 0 Å². The molecule has 15 N–H and O–H groups in total. The molecule has 0 aromatic heterocycles. The highest BCUT2D eigenvalue weighted by Gasteiger charge is 2.35. The second kappa shape index (κ2) is 21.3. The Bertz CT molecular complexity index is 1160. The standard InChI is InChI=1S/C28H51N9O11/c1-6-13(4)21(37-24(44)19(29)14(5)39)26(46)33-15(8-7-9-32-28(30)31)22(42)35-17(11-38)23(43)36-20(12(2)3)25(45)34-16(27(47)48)10-18(40)41/h12-17,19-21,38-39H,6-11,29H2,1-5H3,(H,33,46)(H,34,45)(H,35,42)(H,36,43)(H,37,44)(H,40,41)(H,47,48)(H4,30,31,32)/t13-,14+,15-,16-,17-,19-,20-,21-/m0/s1. The molecule has 0 rings (SSSR count). The van der Waals surface area contributed by atoms with E-state index in [1.807, 2.05) is 5.32 Å². The maximum absolute atomic E-state index is 13.4. The molecule has 8 atom stereocenters. The number of amides is 5. The quantitative estimate of drug-likeness (QED) is 0.0289. The summed E-state index contributed by atoms with van der Waals surface area (Å²) in [6, 6.07) is -8.72. The molecular weight excluding hydrogens is 638 g/mol. The number of carbonyl (C=O) groups is 7. The minimum absolute atomic E-state index is 0.0606. The van der Waals surface area contributed by atoms with Crippen molar-refractivity contribution in [1.82, 2.24) is 26.6 Å². The molecule has 0 aliphatic carbocycles. The fraction of sp³-hybridized carbons (Fsp3) is 0.714. The van der Waals surface area contributed by atoms with Crippen LogP contribution in [0.25, 0.3) is 0 Å². The number of aliphatic hydroxyl groups excluding tert-OH is 2. The molecule has 0 unspecified atom stereocenters. The molecule has 5 amide bonds. The summed E-state index contributed by atoms with van der Waals surface area (Å²) in [6.45, 7) is 6.84. The Morgan fingerprint density at radius 3 is 1.69 bits per heavy atom. The highest BCUT2D eigenvalue weighted by atomic mass is 16.4. The summed E-state index contributed by atoms with van der Waals surface area (Å²) in [5.74, 6) is -9.02. The molecule has 0 spiro atoms. The highest BCUT2D eigenvalue weighted by molar-refractivity contribution is 5.96. The molecule has 0 radical (unpaired) electrons. The Kier molecular flexibility index (Phi) is 19.3. The number of hydrogen-bond donors (Lipinski definition) is 12. The van der Waals surface area contributed by atoms with E-state index in [1.165, 1.54) is 20.8 Å². The first kappa shape index (κ1) is 43.4. The van der Waals surface area contributed by atoms with Crippen molar-refractivity contribution in [1.29, 1.82) is 0 Å². The summed E-state index contributed by atoms with van der Waals surface area (Å²) in [5, 5.41) is 49.5. The Morgan fingerprint density at radius 1 is 0.729 bits per heavy atom. The van der Waals surface area contributed by atoms with E-state index in [0.29, 0.717) is 6.42 Å². The van der Waals surface area contributed by atoms with Crippen LogP contribution in [-0.2, 0) is 33.6 Å². The van der Waals surface area contributed by atoms with Gasteiger partial charge in [0.05, 0.1) is 19.1 Å². The SMILES string of the molecule is CC[C@H](C)[C@H](NC(=O)[C@@H](N)[C@@H](C)O)C(=O)N[C@@H](CCCN=C(N)N)C(=O)N[C@@H](CO)C(=O)N[C@H](C(=O)N[C@@H](CC(=O)O)C(=O)O)C(C)C. The van der Waals surface area contributed by atoms with Crippen LogP contribution < -0.4 is 43.8 Å². The van der Waals surface area contributed by atoms with Crippen molar-refractivity contribution in [2.45, 2.75) is 103 Å². The molecule has 274 valence electrons. The fourth-order valence-electron chi connectivity index (χ4n) is 4.10. The molecule has 0 aromatic carbocycles. The molecular formula is C28H51N9O11. The second-order valence-electron chi connectivity index (χ2n) is 11.6. The van der Waals surface area contributed by atoms with Gasteiger partial charge in [-0.15, -0.1) is 0 Å². The zero-order chi connectivity index (χ0) is 37.3. The van der Waals surface area contributed by atoms with Crippen LogP contribution in [-0.4, -0.2) is 123 Å². The first-order valence-corrected chi connectivity index (χ1v) is 15.3. The van der Waals surface area contributed by atoms with Crippen LogP contribution in [0.2, 0.25) is 0 Å². The van der Waals surface area contributed by atoms with Crippen molar-refractivity contribution in [3.63, 3.8) is 0 Å². The largest absolute Gasteiger partial charge is 0.481 e. The van der Waals surface area contributed by atoms with E-state index in [2.05, 4.69) is 26.3 Å². The van der Waals surface area contributed by atoms with Crippen LogP contribution in [0.1, 0.15) is 60.3 Å². The van der Waals surface area contributed by atoms with E-state index in [1.54, 1.807) is 13.8 Å². The molecule has 0 aliphatic rings. The molecule has 0 aromatic rings. The summed E-state index contributed by atoms with van der Waals surface area (Å²) in [6.07, 6.45) is -1.63. The Balaban J connectivity index is 6.05. The van der Waals surface area contributed by atoms with Gasteiger partial charge in [0.2, 0.25) is 29.5 Å². The zero-order valence-electron chi connectivity index (χ0n) is 27.8. The summed E-state index contributed by atoms with van der Waals surface area (Å²) >= 11 is 0. The maximum atomic E-state index is 13.4. The van der Waals surface area contributed by atoms with Crippen molar-refractivity contribution in [2.24, 2.45) is 34.0 Å². The summed E-state index contributed by atoms with van der Waals surface area (Å²) in [5.41, 5.74) is 16.4. The normalized spacial score (nSPS) is 16.0. The first-order chi connectivity index (χ1) is 22.3. The van der Waals surface area contributed by atoms with E-state index < -0.39 is 109 Å². The number of hydrogen-bond acceptors (Lipinski definition) is 11. The van der Waals surface area contributed by atoms with Crippen molar-refractivity contribution in [2.75, 3.05) is 13.2 Å². The first-order valence-electron chi connectivity index (χ1n) is 15.3. The minimum Gasteiger partial charge on any atom is -0.481 e. The topological polar surface area (TPSA) is 351 Å². The van der Waals surface area contributed by atoms with Gasteiger partial charge in [0.1, 0.15) is 36.3 Å². The third-order valence-corrected chi connectivity index (χ3v) is 7.25. The number of nitrogens with zero attached hydrogens (tertiary/aromatic N) is 1. The predicted octanol–water partition coefficient (Wildman–Crippen LogP) is -4.57. The third kappa shape index (κ3) is 15.4. The monoisotopic (exact) mass is 689 g/mol. The van der Waals surface area contributed by atoms with Gasteiger partial charge in [-0.3, -0.25) is 33.8 Å². The minimum atomic E-state index is -1.79. The van der Waals surface area contributed by atoms with Gasteiger partial charge in [0.25, 0.3) is 0 Å². The van der Waals surface area contributed by atoms with E-state index in [-0.39, 0.29) is 25.3 Å². The molecule has 20 heteroatoms. The van der Waals surface area contributed by atoms with Crippen LogP contribution in [0, 0.1) is 11.8 Å². The zero-order valence-corrected chi connectivity index (χ0v) is 27.8. The van der Waals surface area contributed by atoms with Crippen LogP contribution in [0.15, 0.2) is 4.99 Å². The summed E-state index contributed by atoms with van der Waals surface area (Å²) < 4.78 is 0. The molecule has 20 nitrogen and oxygen atoms in total. The fourth-order valence-corrected chi connectivity index (χ4v) is 4.10. The number of aliphatic imine (C=N–C) groups is 1. The molecule has 48 heavy (non-hydrogen) atoms. The summed E-state index contributed by atoms with van der Waals surface area (Å²) in [7, 11) is 0. The molecule has 0 fully saturated rings. The number of carboxylic acids is 2. The van der Waals surface area contributed by atoms with E-state index in [4.69, 9.17) is 22.3 Å². The van der Waals surface area contributed by atoms with Gasteiger partial charge in [-0.25, -0.2) is 4.79 Å². The molecule has 0 heterocycles. The van der Waals surface area contributed by atoms with Gasteiger partial charge in [0, 0.05) is 6.54 Å². The van der Waals surface area contributed by atoms with Crippen molar-refractivity contribution < 1.29 is 54.0 Å². The predicted molar refractivity (Wildman–Crippen MR) is 170 cm³/mol. The maximum Gasteiger partial charge on any atom is 0.326 e. The third-order valence-electron chi connectivity index (χ3n) is 7.25. The van der Waals surface area contributed by atoms with Crippen LogP contribution in [0.3, 0.4) is 0 Å². The van der Waals surface area contributed by atoms with Gasteiger partial charge in [-0.1, -0.05) is 34.1 Å². The number of nitrogens with one attached hydrogen (secondary N) is 5. The number of guanidine groups is 1. The summed E-state index contributed by atoms with van der Waals surface area (Å²) in [4.78, 5) is 91.5. The van der Waals surface area contributed by atoms with Crippen LogP contribution in [0.4, 0.5) is 0 Å². The van der Waals surface area contributed by atoms with E-state index >= 15 is 0 Å². The smallest absolute Gasteiger partial charge is 0.326 e. The highest BCUT2D eigenvalue weighted by Crippen LogP contribution is 2.11. The second-order valence-corrected chi connectivity index (χ2v) is 11.6. The average molecular weight is 690 g/mol.